The highest BCUT2D eigenvalue weighted by molar-refractivity contribution is 5.72. The molecule has 0 spiro atoms. The maximum Gasteiger partial charge on any atom is 0.573 e. The summed E-state index contributed by atoms with van der Waals surface area (Å²) in [7, 11) is 0.917. The van der Waals surface area contributed by atoms with Gasteiger partial charge in [-0.1, -0.05) is 0 Å². The average Bonchev–Trinajstić information content (AvgIpc) is 2.28. The van der Waals surface area contributed by atoms with Gasteiger partial charge in [-0.2, -0.15) is 0 Å². The van der Waals surface area contributed by atoms with Gasteiger partial charge in [0.15, 0.2) is 0 Å². The Balaban J connectivity index is 3.43. The fourth-order valence-electron chi connectivity index (χ4n) is 1.30. The van der Waals surface area contributed by atoms with E-state index >= 15 is 0 Å². The van der Waals surface area contributed by atoms with Crippen molar-refractivity contribution in [2.45, 2.75) is 12.8 Å². The highest BCUT2D eigenvalue weighted by Gasteiger charge is 2.36. The number of aromatic nitrogens is 1. The Morgan fingerprint density at radius 2 is 2.15 bits per heavy atom. The van der Waals surface area contributed by atoms with Crippen molar-refractivity contribution in [1.82, 2.24) is 4.98 Å². The quantitative estimate of drug-likeness (QED) is 0.647. The van der Waals surface area contributed by atoms with E-state index in [0.29, 0.717) is 6.07 Å². The third-order valence-corrected chi connectivity index (χ3v) is 1.95. The van der Waals surface area contributed by atoms with E-state index in [1.54, 1.807) is 0 Å². The van der Waals surface area contributed by atoms with Crippen molar-refractivity contribution in [1.29, 1.82) is 0 Å². The standard InChI is InChI=1S/C9H7F3N2O6/c1-19-8-7(20-9(10,11)12)4(3-6(15)16)2-5(13-8)14(17)18/h2H,3H2,1H3,(H,15,16). The van der Waals surface area contributed by atoms with Crippen molar-refractivity contribution < 1.29 is 37.5 Å². The largest absolute Gasteiger partial charge is 0.573 e. The lowest BCUT2D eigenvalue weighted by molar-refractivity contribution is -0.389. The molecule has 0 unspecified atom stereocenters. The Morgan fingerprint density at radius 1 is 1.55 bits per heavy atom. The fraction of sp³-hybridized carbons (Fsp3) is 0.333. The number of nitrogens with zero attached hydrogens (tertiary/aromatic N) is 2. The lowest BCUT2D eigenvalue weighted by Gasteiger charge is -2.12. The van der Waals surface area contributed by atoms with Crippen LogP contribution in [0.15, 0.2) is 6.07 Å². The van der Waals surface area contributed by atoms with Crippen LogP contribution in [0.25, 0.3) is 0 Å². The fourth-order valence-corrected chi connectivity index (χ4v) is 1.30. The van der Waals surface area contributed by atoms with E-state index in [9.17, 15) is 28.1 Å². The number of carboxylic acids is 1. The second-order valence-corrected chi connectivity index (χ2v) is 3.35. The Hall–Kier alpha value is -2.59. The average molecular weight is 296 g/mol. The number of methoxy groups -OCH3 is 1. The number of ether oxygens (including phenoxy) is 2. The van der Waals surface area contributed by atoms with E-state index in [4.69, 9.17) is 5.11 Å². The van der Waals surface area contributed by atoms with Gasteiger partial charge in [0.1, 0.15) is 0 Å². The number of halogens is 3. The smallest absolute Gasteiger partial charge is 0.481 e. The van der Waals surface area contributed by atoms with Crippen LogP contribution in [0, 0.1) is 10.1 Å². The second-order valence-electron chi connectivity index (χ2n) is 3.35. The molecule has 110 valence electrons. The predicted octanol–water partition coefficient (Wildman–Crippen LogP) is 1.52. The molecule has 0 amide bonds. The lowest BCUT2D eigenvalue weighted by atomic mass is 10.1. The van der Waals surface area contributed by atoms with Crippen molar-refractivity contribution in [3.63, 3.8) is 0 Å². The number of hydrogen-bond acceptors (Lipinski definition) is 6. The Kier molecular flexibility index (Phi) is 4.32. The van der Waals surface area contributed by atoms with Crippen LogP contribution in [0.3, 0.4) is 0 Å². The molecule has 0 saturated heterocycles. The molecule has 0 aliphatic heterocycles. The molecular formula is C9H7F3N2O6. The molecule has 20 heavy (non-hydrogen) atoms. The predicted molar refractivity (Wildman–Crippen MR) is 55.5 cm³/mol. The van der Waals surface area contributed by atoms with E-state index in [0.717, 1.165) is 7.11 Å². The van der Waals surface area contributed by atoms with Crippen molar-refractivity contribution in [2.75, 3.05) is 7.11 Å². The summed E-state index contributed by atoms with van der Waals surface area (Å²) in [5.74, 6) is -4.20. The zero-order valence-corrected chi connectivity index (χ0v) is 9.80. The van der Waals surface area contributed by atoms with Crippen molar-refractivity contribution in [3.05, 3.63) is 21.7 Å². The number of hydrogen-bond donors (Lipinski definition) is 1. The van der Waals surface area contributed by atoms with Crippen LogP contribution in [-0.2, 0) is 11.2 Å². The number of pyridine rings is 1. The molecule has 1 rings (SSSR count). The van der Waals surface area contributed by atoms with E-state index in [1.165, 1.54) is 0 Å². The van der Waals surface area contributed by atoms with Crippen LogP contribution in [0.2, 0.25) is 0 Å². The molecule has 0 aliphatic carbocycles. The number of alkyl halides is 3. The third-order valence-electron chi connectivity index (χ3n) is 1.95. The Morgan fingerprint density at radius 3 is 2.55 bits per heavy atom. The summed E-state index contributed by atoms with van der Waals surface area (Å²) >= 11 is 0. The van der Waals surface area contributed by atoms with E-state index in [2.05, 4.69) is 14.5 Å². The van der Waals surface area contributed by atoms with E-state index in [1.807, 2.05) is 0 Å². The highest BCUT2D eigenvalue weighted by Crippen LogP contribution is 2.36. The molecule has 1 N–H and O–H groups in total. The van der Waals surface area contributed by atoms with Gasteiger partial charge in [-0.15, -0.1) is 13.2 Å². The number of rotatable bonds is 5. The van der Waals surface area contributed by atoms with Gasteiger partial charge in [0.25, 0.3) is 0 Å². The number of nitro groups is 1. The topological polar surface area (TPSA) is 112 Å². The molecule has 11 heteroatoms. The summed E-state index contributed by atoms with van der Waals surface area (Å²) in [6.07, 6.45) is -6.05. The summed E-state index contributed by atoms with van der Waals surface area (Å²) in [6.45, 7) is 0. The van der Waals surface area contributed by atoms with Crippen molar-refractivity contribution >= 4 is 11.8 Å². The first-order valence-corrected chi connectivity index (χ1v) is 4.84. The maximum absolute atomic E-state index is 12.2. The van der Waals surface area contributed by atoms with Crippen LogP contribution in [0.5, 0.6) is 11.6 Å². The molecule has 8 nitrogen and oxygen atoms in total. The summed E-state index contributed by atoms with van der Waals surface area (Å²) < 4.78 is 44.8. The monoisotopic (exact) mass is 296 g/mol. The first kappa shape index (κ1) is 15.5. The normalized spacial score (nSPS) is 11.0. The summed E-state index contributed by atoms with van der Waals surface area (Å²) in [6, 6.07) is 0.581. The molecule has 0 bridgehead atoms. The molecular weight excluding hydrogens is 289 g/mol. The third kappa shape index (κ3) is 3.96. The number of carbonyl (C=O) groups is 1. The summed E-state index contributed by atoms with van der Waals surface area (Å²) in [5.41, 5.74) is -0.576. The minimum absolute atomic E-state index is 0.576. The minimum Gasteiger partial charge on any atom is -0.481 e. The van der Waals surface area contributed by atoms with Crippen molar-refractivity contribution in [3.8, 4) is 11.6 Å². The van der Waals surface area contributed by atoms with Crippen LogP contribution in [0.1, 0.15) is 5.56 Å². The van der Waals surface area contributed by atoms with E-state index < -0.39 is 46.7 Å². The van der Waals surface area contributed by atoms with Gasteiger partial charge >= 0.3 is 24.0 Å². The summed E-state index contributed by atoms with van der Waals surface area (Å²) in [4.78, 5) is 23.4. The molecule has 0 saturated carbocycles. The van der Waals surface area contributed by atoms with Crippen molar-refractivity contribution in [2.24, 2.45) is 0 Å². The molecule has 0 atom stereocenters. The van der Waals surface area contributed by atoms with Crippen LogP contribution in [-0.4, -0.2) is 34.5 Å². The van der Waals surface area contributed by atoms with Gasteiger partial charge in [0.2, 0.25) is 5.75 Å². The van der Waals surface area contributed by atoms with Gasteiger partial charge < -0.3 is 24.7 Å². The zero-order chi connectivity index (χ0) is 15.5. The second kappa shape index (κ2) is 5.59. The van der Waals surface area contributed by atoms with Gasteiger partial charge in [0.05, 0.1) is 13.5 Å². The molecule has 0 fully saturated rings. The van der Waals surface area contributed by atoms with Crippen LogP contribution < -0.4 is 9.47 Å². The Bertz CT molecular complexity index is 545. The molecule has 0 aliphatic rings. The molecule has 1 aromatic rings. The van der Waals surface area contributed by atoms with Gasteiger partial charge in [-0.05, 0) is 4.92 Å². The minimum atomic E-state index is -5.13. The van der Waals surface area contributed by atoms with Gasteiger partial charge in [0, 0.05) is 16.6 Å². The lowest BCUT2D eigenvalue weighted by Crippen LogP contribution is -2.20. The molecule has 1 aromatic heterocycles. The van der Waals surface area contributed by atoms with Crippen LogP contribution in [0.4, 0.5) is 19.0 Å². The maximum atomic E-state index is 12.2. The first-order chi connectivity index (χ1) is 9.14. The number of aliphatic carboxylic acids is 1. The SMILES string of the molecule is COc1nc([N+](=O)[O-])cc(CC(=O)O)c1OC(F)(F)F. The molecule has 0 radical (unpaired) electrons. The zero-order valence-electron chi connectivity index (χ0n) is 9.80. The van der Waals surface area contributed by atoms with E-state index in [-0.39, 0.29) is 0 Å². The highest BCUT2D eigenvalue weighted by atomic mass is 19.4. The Labute approximate surface area is 108 Å². The molecule has 0 aromatic carbocycles. The van der Waals surface area contributed by atoms with Gasteiger partial charge in [-0.25, -0.2) is 0 Å². The number of carboxylic acid groups (broad SMARTS) is 1. The van der Waals surface area contributed by atoms with Gasteiger partial charge in [-0.3, -0.25) is 4.79 Å². The van der Waals surface area contributed by atoms with Crippen LogP contribution >= 0.6 is 0 Å². The summed E-state index contributed by atoms with van der Waals surface area (Å²) in [5, 5.41) is 19.2. The first-order valence-electron chi connectivity index (χ1n) is 4.84. The molecule has 1 heterocycles.